The van der Waals surface area contributed by atoms with Crippen LogP contribution in [0.3, 0.4) is 0 Å². The standard InChI is InChI=1S/C23H26N4O6S3/c1-12-16(21-22-13(2-4-33-21)3-5-34-22)8-19(35-12)20(29)17-10-24-11-25-23(17)27-15-6-14(18(28)7-15)9-26-36(30,31)32/h3,5,8,10-11,14-15,18,21,26,28H,2,4,6-7,9H2,1H3,(H,24,25,27)(H,30,31,32)/t14-,15-,18+,21-/m1/s1. The van der Waals surface area contributed by atoms with Crippen LogP contribution in [0.1, 0.15) is 55.1 Å². The lowest BCUT2D eigenvalue weighted by atomic mass is 10.0. The molecule has 4 N–H and O–H groups in total. The maximum atomic E-state index is 13.5. The van der Waals surface area contributed by atoms with Crippen LogP contribution < -0.4 is 10.0 Å². The number of nitrogens with zero attached hydrogens (tertiary/aromatic N) is 2. The van der Waals surface area contributed by atoms with Gasteiger partial charge in [0.25, 0.3) is 0 Å². The number of fused-ring (bicyclic) bond motifs is 1. The molecule has 0 radical (unpaired) electrons. The van der Waals surface area contributed by atoms with Crippen LogP contribution in [0, 0.1) is 12.8 Å². The van der Waals surface area contributed by atoms with Gasteiger partial charge in [-0.2, -0.15) is 13.1 Å². The van der Waals surface area contributed by atoms with Gasteiger partial charge in [-0.1, -0.05) is 0 Å². The molecule has 0 saturated heterocycles. The highest BCUT2D eigenvalue weighted by Crippen LogP contribution is 2.40. The van der Waals surface area contributed by atoms with E-state index in [1.807, 2.05) is 17.7 Å². The van der Waals surface area contributed by atoms with E-state index in [0.29, 0.717) is 35.7 Å². The van der Waals surface area contributed by atoms with Gasteiger partial charge in [0.15, 0.2) is 0 Å². The quantitative estimate of drug-likeness (QED) is 0.245. The number of carbonyl (C=O) groups is 1. The zero-order chi connectivity index (χ0) is 25.4. The first kappa shape index (κ1) is 25.4. The van der Waals surface area contributed by atoms with E-state index in [0.717, 1.165) is 16.9 Å². The van der Waals surface area contributed by atoms with E-state index < -0.39 is 16.4 Å². The van der Waals surface area contributed by atoms with Gasteiger partial charge in [-0.05, 0) is 49.3 Å². The van der Waals surface area contributed by atoms with E-state index in [9.17, 15) is 18.3 Å². The number of hydrogen-bond acceptors (Lipinski definition) is 10. The molecule has 10 nitrogen and oxygen atoms in total. The van der Waals surface area contributed by atoms with Crippen molar-refractivity contribution in [3.8, 4) is 0 Å². The van der Waals surface area contributed by atoms with Crippen LogP contribution >= 0.6 is 22.7 Å². The van der Waals surface area contributed by atoms with Crippen molar-refractivity contribution in [1.29, 1.82) is 0 Å². The first-order valence-corrected chi connectivity index (χ1v) is 14.6. The Hall–Kier alpha value is -2.26. The second kappa shape index (κ2) is 10.2. The van der Waals surface area contributed by atoms with Gasteiger partial charge in [-0.3, -0.25) is 9.35 Å². The highest BCUT2D eigenvalue weighted by molar-refractivity contribution is 7.83. The maximum Gasteiger partial charge on any atom is 0.333 e. The molecule has 4 atom stereocenters. The minimum absolute atomic E-state index is 0.0832. The van der Waals surface area contributed by atoms with Crippen LogP contribution in [-0.4, -0.2) is 59.1 Å². The number of nitrogens with one attached hydrogen (secondary N) is 2. The summed E-state index contributed by atoms with van der Waals surface area (Å²) in [5.41, 5.74) is 2.60. The molecule has 0 aromatic carbocycles. The van der Waals surface area contributed by atoms with Crippen molar-refractivity contribution in [3.63, 3.8) is 0 Å². The monoisotopic (exact) mass is 550 g/mol. The Morgan fingerprint density at radius 2 is 2.17 bits per heavy atom. The van der Waals surface area contributed by atoms with Gasteiger partial charge in [0, 0.05) is 40.0 Å². The fourth-order valence-electron chi connectivity index (χ4n) is 4.83. The van der Waals surface area contributed by atoms with Gasteiger partial charge in [0.05, 0.1) is 23.2 Å². The third-order valence-electron chi connectivity index (χ3n) is 6.62. The van der Waals surface area contributed by atoms with Crippen LogP contribution in [-0.2, 0) is 21.5 Å². The van der Waals surface area contributed by atoms with Gasteiger partial charge in [-0.15, -0.1) is 22.7 Å². The highest BCUT2D eigenvalue weighted by Gasteiger charge is 2.34. The molecule has 1 aliphatic carbocycles. The largest absolute Gasteiger partial charge is 0.393 e. The minimum atomic E-state index is -4.34. The Morgan fingerprint density at radius 3 is 2.97 bits per heavy atom. The normalized spacial score (nSPS) is 24.0. The van der Waals surface area contributed by atoms with Crippen molar-refractivity contribution in [1.82, 2.24) is 14.7 Å². The second-order valence-corrected chi connectivity index (χ2v) is 12.5. The molecule has 5 rings (SSSR count). The smallest absolute Gasteiger partial charge is 0.333 e. The maximum absolute atomic E-state index is 13.5. The molecule has 0 spiro atoms. The molecule has 0 bridgehead atoms. The molecule has 4 heterocycles. The number of hydrogen-bond donors (Lipinski definition) is 4. The first-order chi connectivity index (χ1) is 17.2. The van der Waals surface area contributed by atoms with Gasteiger partial charge in [0.1, 0.15) is 18.2 Å². The van der Waals surface area contributed by atoms with Crippen LogP contribution in [0.25, 0.3) is 0 Å². The summed E-state index contributed by atoms with van der Waals surface area (Å²) >= 11 is 3.08. The number of carbonyl (C=O) groups excluding carboxylic acids is 1. The predicted molar refractivity (Wildman–Crippen MR) is 136 cm³/mol. The van der Waals surface area contributed by atoms with Crippen molar-refractivity contribution in [2.75, 3.05) is 18.5 Å². The van der Waals surface area contributed by atoms with Crippen molar-refractivity contribution in [2.45, 2.75) is 44.4 Å². The van der Waals surface area contributed by atoms with Gasteiger partial charge < -0.3 is 15.2 Å². The third kappa shape index (κ3) is 5.37. The van der Waals surface area contributed by atoms with E-state index in [4.69, 9.17) is 9.29 Å². The molecule has 0 amide bonds. The van der Waals surface area contributed by atoms with Gasteiger partial charge in [-0.25, -0.2) is 9.97 Å². The second-order valence-electron chi connectivity index (χ2n) is 9.01. The van der Waals surface area contributed by atoms with Crippen molar-refractivity contribution >= 4 is 44.6 Å². The molecular weight excluding hydrogens is 524 g/mol. The van der Waals surface area contributed by atoms with E-state index in [1.165, 1.54) is 34.3 Å². The van der Waals surface area contributed by atoms with Crippen LogP contribution in [0.4, 0.5) is 5.82 Å². The molecular formula is C23H26N4O6S3. The molecule has 3 aromatic rings. The number of thiophene rings is 2. The topological polar surface area (TPSA) is 151 Å². The number of ether oxygens (including phenoxy) is 1. The van der Waals surface area contributed by atoms with E-state index >= 15 is 0 Å². The first-order valence-electron chi connectivity index (χ1n) is 11.5. The summed E-state index contributed by atoms with van der Waals surface area (Å²) in [6, 6.07) is 3.80. The number of anilines is 1. The van der Waals surface area contributed by atoms with Crippen molar-refractivity contribution < 1.29 is 27.6 Å². The summed E-state index contributed by atoms with van der Waals surface area (Å²) in [7, 11) is -4.34. The summed E-state index contributed by atoms with van der Waals surface area (Å²) in [6.07, 6.45) is 3.56. The Morgan fingerprint density at radius 1 is 1.33 bits per heavy atom. The average molecular weight is 551 g/mol. The Labute approximate surface area is 216 Å². The number of rotatable bonds is 8. The van der Waals surface area contributed by atoms with Crippen LogP contribution in [0.5, 0.6) is 0 Å². The van der Waals surface area contributed by atoms with Crippen LogP contribution in [0.15, 0.2) is 30.0 Å². The lowest BCUT2D eigenvalue weighted by molar-refractivity contribution is 0.0727. The fraction of sp³-hybridized carbons (Fsp3) is 0.435. The molecule has 36 heavy (non-hydrogen) atoms. The SMILES string of the molecule is Cc1sc(C(=O)c2cncnc2N[C@@H]2C[C@H](CNS(=O)(=O)O)[C@@H](O)C2)cc1[C@H]1OCCc2ccsc21. The summed E-state index contributed by atoms with van der Waals surface area (Å²) < 4.78 is 39.0. The third-order valence-corrected chi connectivity index (χ3v) is 9.22. The van der Waals surface area contributed by atoms with Crippen molar-refractivity contribution in [2.24, 2.45) is 5.92 Å². The predicted octanol–water partition coefficient (Wildman–Crippen LogP) is 2.74. The van der Waals surface area contributed by atoms with E-state index in [-0.39, 0.29) is 30.4 Å². The Balaban J connectivity index is 1.33. The van der Waals surface area contributed by atoms with Crippen LogP contribution in [0.2, 0.25) is 0 Å². The van der Waals surface area contributed by atoms with Crippen molar-refractivity contribution in [3.05, 3.63) is 61.4 Å². The molecule has 1 saturated carbocycles. The summed E-state index contributed by atoms with van der Waals surface area (Å²) in [4.78, 5) is 24.6. The number of aliphatic hydroxyl groups excluding tert-OH is 1. The molecule has 13 heteroatoms. The average Bonchev–Trinajstić information content (AvgIpc) is 3.55. The number of aliphatic hydroxyl groups is 1. The summed E-state index contributed by atoms with van der Waals surface area (Å²) in [5, 5.41) is 15.6. The molecule has 0 unspecified atom stereocenters. The summed E-state index contributed by atoms with van der Waals surface area (Å²) in [5.74, 6) is -0.231. The highest BCUT2D eigenvalue weighted by atomic mass is 32.2. The molecule has 2 aliphatic rings. The molecule has 3 aromatic heterocycles. The lowest BCUT2D eigenvalue weighted by Crippen LogP contribution is -2.32. The molecule has 192 valence electrons. The zero-order valence-corrected chi connectivity index (χ0v) is 21.8. The Kier molecular flexibility index (Phi) is 7.23. The van der Waals surface area contributed by atoms with E-state index in [2.05, 4.69) is 26.7 Å². The number of aryl methyl sites for hydroxylation is 1. The number of ketones is 1. The fourth-order valence-corrected chi connectivity index (χ4v) is 7.28. The van der Waals surface area contributed by atoms with E-state index in [1.54, 1.807) is 11.3 Å². The lowest BCUT2D eigenvalue weighted by Gasteiger charge is -2.23. The zero-order valence-electron chi connectivity index (χ0n) is 19.4. The Bertz CT molecular complexity index is 1370. The van der Waals surface area contributed by atoms with Gasteiger partial charge >= 0.3 is 10.3 Å². The molecule has 1 fully saturated rings. The minimum Gasteiger partial charge on any atom is -0.393 e. The molecule has 1 aliphatic heterocycles. The van der Waals surface area contributed by atoms with Gasteiger partial charge in [0.2, 0.25) is 5.78 Å². The summed E-state index contributed by atoms with van der Waals surface area (Å²) in [6.45, 7) is 2.55. The number of aromatic nitrogens is 2.